The van der Waals surface area contributed by atoms with Gasteiger partial charge in [0, 0.05) is 32.1 Å². The van der Waals surface area contributed by atoms with Crippen molar-refractivity contribution in [2.24, 2.45) is 11.8 Å². The first-order valence-electron chi connectivity index (χ1n) is 9.73. The summed E-state index contributed by atoms with van der Waals surface area (Å²) in [6.45, 7) is 4.76. The summed E-state index contributed by atoms with van der Waals surface area (Å²) in [4.78, 5) is 29.4. The number of hydrogen-bond donors (Lipinski definition) is 0. The van der Waals surface area contributed by atoms with Gasteiger partial charge in [-0.15, -0.1) is 0 Å². The molecule has 0 radical (unpaired) electrons. The standard InChI is InChI=1S/C19H32N2O2/c1-15-7-9-17(10-8-15)21-14-16(13-18(21)22)19(23)20-11-5-3-2-4-6-12-20/h15-17H,2-14H2,1H3. The molecule has 0 bridgehead atoms. The van der Waals surface area contributed by atoms with E-state index in [2.05, 4.69) is 6.92 Å². The lowest BCUT2D eigenvalue weighted by molar-refractivity contribution is -0.136. The minimum atomic E-state index is -0.0822. The quantitative estimate of drug-likeness (QED) is 0.784. The van der Waals surface area contributed by atoms with Gasteiger partial charge in [0.1, 0.15) is 0 Å². The molecule has 0 aromatic carbocycles. The van der Waals surface area contributed by atoms with Crippen LogP contribution in [0.2, 0.25) is 0 Å². The Hall–Kier alpha value is -1.06. The fraction of sp³-hybridized carbons (Fsp3) is 0.895. The Kier molecular flexibility index (Phi) is 5.60. The first-order valence-corrected chi connectivity index (χ1v) is 9.73. The molecular weight excluding hydrogens is 288 g/mol. The maximum atomic E-state index is 12.8. The summed E-state index contributed by atoms with van der Waals surface area (Å²) in [7, 11) is 0. The predicted molar refractivity (Wildman–Crippen MR) is 90.9 cm³/mol. The molecule has 0 spiro atoms. The van der Waals surface area contributed by atoms with E-state index in [0.29, 0.717) is 19.0 Å². The van der Waals surface area contributed by atoms with Gasteiger partial charge in [0.05, 0.1) is 5.92 Å². The molecule has 3 aliphatic rings. The molecule has 0 aromatic heterocycles. The molecule has 0 N–H and O–H groups in total. The van der Waals surface area contributed by atoms with Gasteiger partial charge in [-0.1, -0.05) is 26.2 Å². The van der Waals surface area contributed by atoms with Gasteiger partial charge in [0.25, 0.3) is 0 Å². The van der Waals surface area contributed by atoms with Crippen LogP contribution in [-0.2, 0) is 9.59 Å². The highest BCUT2D eigenvalue weighted by molar-refractivity contribution is 5.89. The first-order chi connectivity index (χ1) is 11.1. The number of rotatable bonds is 2. The molecule has 1 saturated carbocycles. The van der Waals surface area contributed by atoms with Gasteiger partial charge in [0.15, 0.2) is 0 Å². The zero-order chi connectivity index (χ0) is 16.2. The Morgan fingerprint density at radius 1 is 0.957 bits per heavy atom. The molecule has 1 aliphatic carbocycles. The summed E-state index contributed by atoms with van der Waals surface area (Å²) in [5.41, 5.74) is 0. The number of nitrogens with zero attached hydrogens (tertiary/aromatic N) is 2. The van der Waals surface area contributed by atoms with E-state index in [-0.39, 0.29) is 17.7 Å². The Labute approximate surface area is 140 Å². The van der Waals surface area contributed by atoms with Crippen LogP contribution in [0.1, 0.15) is 71.1 Å². The Morgan fingerprint density at radius 2 is 1.57 bits per heavy atom. The summed E-state index contributed by atoms with van der Waals surface area (Å²) in [6, 6.07) is 0.392. The average molecular weight is 320 g/mol. The van der Waals surface area contributed by atoms with Gasteiger partial charge >= 0.3 is 0 Å². The molecule has 1 atom stereocenters. The maximum Gasteiger partial charge on any atom is 0.227 e. The first kappa shape index (κ1) is 16.8. The molecule has 4 nitrogen and oxygen atoms in total. The van der Waals surface area contributed by atoms with Crippen molar-refractivity contribution >= 4 is 11.8 Å². The molecule has 23 heavy (non-hydrogen) atoms. The Morgan fingerprint density at radius 3 is 2.22 bits per heavy atom. The van der Waals surface area contributed by atoms with Crippen molar-refractivity contribution in [3.8, 4) is 0 Å². The Bertz CT molecular complexity index is 421. The third kappa shape index (κ3) is 4.07. The van der Waals surface area contributed by atoms with Crippen molar-refractivity contribution in [1.82, 2.24) is 9.80 Å². The average Bonchev–Trinajstić information content (AvgIpc) is 2.89. The van der Waals surface area contributed by atoms with Crippen LogP contribution in [0.4, 0.5) is 0 Å². The summed E-state index contributed by atoms with van der Waals surface area (Å²) in [5.74, 6) is 1.17. The summed E-state index contributed by atoms with van der Waals surface area (Å²) >= 11 is 0. The molecular formula is C19H32N2O2. The monoisotopic (exact) mass is 320 g/mol. The highest BCUT2D eigenvalue weighted by Crippen LogP contribution is 2.32. The maximum absolute atomic E-state index is 12.8. The van der Waals surface area contributed by atoms with Crippen LogP contribution in [0, 0.1) is 11.8 Å². The van der Waals surface area contributed by atoms with Gasteiger partial charge in [-0.05, 0) is 44.4 Å². The smallest absolute Gasteiger partial charge is 0.227 e. The summed E-state index contributed by atoms with van der Waals surface area (Å²) in [5, 5.41) is 0. The highest BCUT2D eigenvalue weighted by Gasteiger charge is 2.40. The zero-order valence-corrected chi connectivity index (χ0v) is 14.6. The van der Waals surface area contributed by atoms with Crippen molar-refractivity contribution < 1.29 is 9.59 Å². The fourth-order valence-corrected chi connectivity index (χ4v) is 4.53. The van der Waals surface area contributed by atoms with Crippen LogP contribution in [-0.4, -0.2) is 47.3 Å². The molecule has 3 rings (SSSR count). The van der Waals surface area contributed by atoms with Crippen LogP contribution in [0.5, 0.6) is 0 Å². The number of carbonyl (C=O) groups excluding carboxylic acids is 2. The van der Waals surface area contributed by atoms with Crippen molar-refractivity contribution in [3.05, 3.63) is 0 Å². The molecule has 4 heteroatoms. The largest absolute Gasteiger partial charge is 0.342 e. The molecule has 2 saturated heterocycles. The number of carbonyl (C=O) groups is 2. The molecule has 3 fully saturated rings. The van der Waals surface area contributed by atoms with E-state index in [4.69, 9.17) is 0 Å². The molecule has 2 heterocycles. The molecule has 0 aromatic rings. The van der Waals surface area contributed by atoms with E-state index in [1.807, 2.05) is 9.80 Å². The summed E-state index contributed by atoms with van der Waals surface area (Å²) in [6.07, 6.45) is 11.2. The van der Waals surface area contributed by atoms with Crippen molar-refractivity contribution in [1.29, 1.82) is 0 Å². The van der Waals surface area contributed by atoms with Crippen molar-refractivity contribution in [2.45, 2.75) is 77.2 Å². The second kappa shape index (κ2) is 7.67. The topological polar surface area (TPSA) is 40.6 Å². The van der Waals surface area contributed by atoms with E-state index in [9.17, 15) is 9.59 Å². The lowest BCUT2D eigenvalue weighted by Gasteiger charge is -2.34. The second-order valence-corrected chi connectivity index (χ2v) is 7.95. The Balaban J connectivity index is 1.56. The minimum Gasteiger partial charge on any atom is -0.342 e. The summed E-state index contributed by atoms with van der Waals surface area (Å²) < 4.78 is 0. The predicted octanol–water partition coefficient (Wildman–Crippen LogP) is 3.21. The molecule has 2 amide bonds. The van der Waals surface area contributed by atoms with Crippen molar-refractivity contribution in [3.63, 3.8) is 0 Å². The highest BCUT2D eigenvalue weighted by atomic mass is 16.2. The normalized spacial score (nSPS) is 33.4. The third-order valence-corrected chi connectivity index (χ3v) is 6.10. The van der Waals surface area contributed by atoms with E-state index in [0.717, 1.165) is 44.7 Å². The molecule has 2 aliphatic heterocycles. The van der Waals surface area contributed by atoms with Crippen LogP contribution in [0.3, 0.4) is 0 Å². The number of hydrogen-bond acceptors (Lipinski definition) is 2. The van der Waals surface area contributed by atoms with Gasteiger partial charge in [0.2, 0.25) is 11.8 Å². The van der Waals surface area contributed by atoms with Gasteiger partial charge in [-0.2, -0.15) is 0 Å². The van der Waals surface area contributed by atoms with Crippen LogP contribution in [0.15, 0.2) is 0 Å². The number of amides is 2. The fourth-order valence-electron chi connectivity index (χ4n) is 4.53. The molecule has 130 valence electrons. The lowest BCUT2D eigenvalue weighted by Crippen LogP contribution is -2.41. The lowest BCUT2D eigenvalue weighted by atomic mass is 9.86. The van der Waals surface area contributed by atoms with E-state index >= 15 is 0 Å². The van der Waals surface area contributed by atoms with E-state index in [1.165, 1.54) is 32.1 Å². The van der Waals surface area contributed by atoms with E-state index < -0.39 is 0 Å². The second-order valence-electron chi connectivity index (χ2n) is 7.95. The van der Waals surface area contributed by atoms with Crippen molar-refractivity contribution in [2.75, 3.05) is 19.6 Å². The van der Waals surface area contributed by atoms with Crippen LogP contribution < -0.4 is 0 Å². The van der Waals surface area contributed by atoms with Crippen LogP contribution in [0.25, 0.3) is 0 Å². The van der Waals surface area contributed by atoms with Crippen LogP contribution >= 0.6 is 0 Å². The third-order valence-electron chi connectivity index (χ3n) is 6.10. The minimum absolute atomic E-state index is 0.0822. The van der Waals surface area contributed by atoms with E-state index in [1.54, 1.807) is 0 Å². The van der Waals surface area contributed by atoms with Gasteiger partial charge in [-0.25, -0.2) is 0 Å². The van der Waals surface area contributed by atoms with Gasteiger partial charge in [-0.3, -0.25) is 9.59 Å². The van der Waals surface area contributed by atoms with Gasteiger partial charge < -0.3 is 9.80 Å². The number of likely N-dealkylation sites (tertiary alicyclic amines) is 2. The molecule has 1 unspecified atom stereocenters. The zero-order valence-electron chi connectivity index (χ0n) is 14.6. The SMILES string of the molecule is CC1CCC(N2CC(C(=O)N3CCCCCCC3)CC2=O)CC1.